The van der Waals surface area contributed by atoms with Gasteiger partial charge in [-0.15, -0.1) is 0 Å². The molecule has 2 rings (SSSR count). The number of nitrogens with one attached hydrogen (secondary N) is 1. The molecule has 0 heterocycles. The first-order valence-corrected chi connectivity index (χ1v) is 8.35. The van der Waals surface area contributed by atoms with Crippen molar-refractivity contribution in [2.24, 2.45) is 11.8 Å². The molecule has 2 aromatic rings. The van der Waals surface area contributed by atoms with Crippen molar-refractivity contribution in [2.45, 2.75) is 46.8 Å². The Morgan fingerprint density at radius 1 is 0.913 bits per heavy atom. The summed E-state index contributed by atoms with van der Waals surface area (Å²) in [6, 6.07) is 14.1. The molecular weight excluding hydrogens is 286 g/mol. The number of ether oxygens (including phenoxy) is 1. The molecule has 2 aromatic carbocycles. The Kier molecular flexibility index (Phi) is 5.64. The summed E-state index contributed by atoms with van der Waals surface area (Å²) in [5.41, 5.74) is 0. The lowest BCUT2D eigenvalue weighted by Crippen LogP contribution is -2.47. The fourth-order valence-electron chi connectivity index (χ4n) is 2.93. The van der Waals surface area contributed by atoms with Crippen LogP contribution in [0.4, 0.5) is 0 Å². The van der Waals surface area contributed by atoms with Gasteiger partial charge in [0.05, 0.1) is 0 Å². The van der Waals surface area contributed by atoms with Gasteiger partial charge >= 0.3 is 0 Å². The monoisotopic (exact) mass is 313 g/mol. The van der Waals surface area contributed by atoms with Gasteiger partial charge in [-0.3, -0.25) is 4.79 Å². The van der Waals surface area contributed by atoms with Gasteiger partial charge < -0.3 is 10.1 Å². The molecule has 0 saturated carbocycles. The zero-order valence-electron chi connectivity index (χ0n) is 14.7. The van der Waals surface area contributed by atoms with E-state index < -0.39 is 6.10 Å². The summed E-state index contributed by atoms with van der Waals surface area (Å²) in [4.78, 5) is 12.5. The lowest BCUT2D eigenvalue weighted by Gasteiger charge is -2.27. The second-order valence-electron chi connectivity index (χ2n) is 6.76. The third kappa shape index (κ3) is 4.25. The molecule has 3 nitrogen and oxygen atoms in total. The van der Waals surface area contributed by atoms with Crippen molar-refractivity contribution < 1.29 is 9.53 Å². The van der Waals surface area contributed by atoms with Crippen LogP contribution in [0.25, 0.3) is 10.8 Å². The van der Waals surface area contributed by atoms with Crippen molar-refractivity contribution in [1.29, 1.82) is 0 Å². The van der Waals surface area contributed by atoms with E-state index in [-0.39, 0.29) is 11.9 Å². The Morgan fingerprint density at radius 2 is 1.52 bits per heavy atom. The van der Waals surface area contributed by atoms with Crippen LogP contribution in [-0.4, -0.2) is 18.1 Å². The summed E-state index contributed by atoms with van der Waals surface area (Å²) in [6.07, 6.45) is -0.527. The molecule has 3 heteroatoms. The molecule has 0 fully saturated rings. The van der Waals surface area contributed by atoms with Gasteiger partial charge in [0.1, 0.15) is 5.75 Å². The zero-order valence-corrected chi connectivity index (χ0v) is 14.7. The SMILES string of the molecule is CC(C)C(NC(=O)[C@@H](C)Oc1cccc2ccccc12)C(C)C. The maximum absolute atomic E-state index is 12.5. The van der Waals surface area contributed by atoms with Crippen LogP contribution in [-0.2, 0) is 4.79 Å². The molecule has 1 N–H and O–H groups in total. The summed E-state index contributed by atoms with van der Waals surface area (Å²) in [5.74, 6) is 1.47. The molecule has 1 amide bonds. The van der Waals surface area contributed by atoms with Crippen LogP contribution in [0, 0.1) is 11.8 Å². The fourth-order valence-corrected chi connectivity index (χ4v) is 2.93. The lowest BCUT2D eigenvalue weighted by molar-refractivity contribution is -0.128. The molecule has 0 radical (unpaired) electrons. The number of carbonyl (C=O) groups is 1. The van der Waals surface area contributed by atoms with Crippen molar-refractivity contribution >= 4 is 16.7 Å². The molecule has 1 atom stereocenters. The largest absolute Gasteiger partial charge is 0.480 e. The molecular formula is C20H27NO2. The minimum absolute atomic E-state index is 0.0645. The number of hydrogen-bond acceptors (Lipinski definition) is 2. The Balaban J connectivity index is 2.11. The number of benzene rings is 2. The predicted molar refractivity (Wildman–Crippen MR) is 95.6 cm³/mol. The summed E-state index contributed by atoms with van der Waals surface area (Å²) in [6.45, 7) is 10.3. The van der Waals surface area contributed by atoms with E-state index in [1.807, 2.05) is 42.5 Å². The van der Waals surface area contributed by atoms with Crippen molar-refractivity contribution in [2.75, 3.05) is 0 Å². The Labute approximate surface area is 139 Å². The molecule has 0 spiro atoms. The first-order valence-electron chi connectivity index (χ1n) is 8.35. The molecule has 0 aliphatic heterocycles. The van der Waals surface area contributed by atoms with Gasteiger partial charge in [-0.1, -0.05) is 64.1 Å². The van der Waals surface area contributed by atoms with Crippen molar-refractivity contribution in [3.63, 3.8) is 0 Å². The van der Waals surface area contributed by atoms with E-state index in [1.165, 1.54) is 0 Å². The smallest absolute Gasteiger partial charge is 0.261 e. The lowest BCUT2D eigenvalue weighted by atomic mass is 9.93. The van der Waals surface area contributed by atoms with Crippen LogP contribution in [0.1, 0.15) is 34.6 Å². The predicted octanol–water partition coefficient (Wildman–Crippen LogP) is 4.40. The quantitative estimate of drug-likeness (QED) is 0.858. The minimum atomic E-state index is -0.527. The van der Waals surface area contributed by atoms with E-state index >= 15 is 0 Å². The third-order valence-corrected chi connectivity index (χ3v) is 4.17. The molecule has 0 aliphatic rings. The summed E-state index contributed by atoms with van der Waals surface area (Å²) < 4.78 is 5.94. The number of carbonyl (C=O) groups excluding carboxylic acids is 1. The van der Waals surface area contributed by atoms with E-state index in [9.17, 15) is 4.79 Å². The van der Waals surface area contributed by atoms with Gasteiger partial charge in [-0.2, -0.15) is 0 Å². The van der Waals surface area contributed by atoms with Gasteiger partial charge in [0.2, 0.25) is 0 Å². The highest BCUT2D eigenvalue weighted by Crippen LogP contribution is 2.26. The normalized spacial score (nSPS) is 12.9. The van der Waals surface area contributed by atoms with E-state index in [0.29, 0.717) is 11.8 Å². The topological polar surface area (TPSA) is 38.3 Å². The molecule has 0 aromatic heterocycles. The van der Waals surface area contributed by atoms with Gasteiger partial charge in [-0.25, -0.2) is 0 Å². The zero-order chi connectivity index (χ0) is 17.0. The van der Waals surface area contributed by atoms with Crippen LogP contribution in [0.2, 0.25) is 0 Å². The van der Waals surface area contributed by atoms with Crippen molar-refractivity contribution in [3.05, 3.63) is 42.5 Å². The van der Waals surface area contributed by atoms with Gasteiger partial charge in [0.15, 0.2) is 6.10 Å². The van der Waals surface area contributed by atoms with E-state index in [0.717, 1.165) is 16.5 Å². The molecule has 23 heavy (non-hydrogen) atoms. The van der Waals surface area contributed by atoms with Crippen LogP contribution in [0.15, 0.2) is 42.5 Å². The number of rotatable bonds is 6. The third-order valence-electron chi connectivity index (χ3n) is 4.17. The second kappa shape index (κ2) is 7.49. The summed E-state index contributed by atoms with van der Waals surface area (Å²) in [7, 11) is 0. The van der Waals surface area contributed by atoms with Crippen LogP contribution in [0.3, 0.4) is 0 Å². The molecule has 124 valence electrons. The average molecular weight is 313 g/mol. The van der Waals surface area contributed by atoms with Crippen molar-refractivity contribution in [1.82, 2.24) is 5.32 Å². The van der Waals surface area contributed by atoms with Crippen LogP contribution in [0.5, 0.6) is 5.75 Å². The van der Waals surface area contributed by atoms with Gasteiger partial charge in [0, 0.05) is 11.4 Å². The highest BCUT2D eigenvalue weighted by molar-refractivity contribution is 5.89. The van der Waals surface area contributed by atoms with Crippen LogP contribution < -0.4 is 10.1 Å². The first-order chi connectivity index (χ1) is 10.9. The standard InChI is InChI=1S/C20H27NO2/c1-13(2)19(14(3)4)21-20(22)15(5)23-18-12-8-10-16-9-6-7-11-17(16)18/h6-15,19H,1-5H3,(H,21,22)/t15-/m1/s1. The Hall–Kier alpha value is -2.03. The van der Waals surface area contributed by atoms with Gasteiger partial charge in [0.25, 0.3) is 5.91 Å². The van der Waals surface area contributed by atoms with E-state index in [2.05, 4.69) is 33.0 Å². The minimum Gasteiger partial charge on any atom is -0.480 e. The summed E-state index contributed by atoms with van der Waals surface area (Å²) >= 11 is 0. The van der Waals surface area contributed by atoms with Crippen molar-refractivity contribution in [3.8, 4) is 5.75 Å². The van der Waals surface area contributed by atoms with Gasteiger partial charge in [-0.05, 0) is 30.2 Å². The number of fused-ring (bicyclic) bond motifs is 1. The molecule has 0 aliphatic carbocycles. The maximum atomic E-state index is 12.5. The molecule has 0 saturated heterocycles. The Morgan fingerprint density at radius 3 is 2.17 bits per heavy atom. The highest BCUT2D eigenvalue weighted by Gasteiger charge is 2.23. The summed E-state index contributed by atoms with van der Waals surface area (Å²) in [5, 5.41) is 5.26. The molecule has 0 unspecified atom stereocenters. The fraction of sp³-hybridized carbons (Fsp3) is 0.450. The number of hydrogen-bond donors (Lipinski definition) is 1. The molecule has 0 bridgehead atoms. The number of amides is 1. The van der Waals surface area contributed by atoms with E-state index in [1.54, 1.807) is 6.92 Å². The van der Waals surface area contributed by atoms with Crippen LogP contribution >= 0.6 is 0 Å². The second-order valence-corrected chi connectivity index (χ2v) is 6.76. The first kappa shape index (κ1) is 17.3. The maximum Gasteiger partial charge on any atom is 0.261 e. The average Bonchev–Trinajstić information content (AvgIpc) is 2.52. The van der Waals surface area contributed by atoms with E-state index in [4.69, 9.17) is 4.74 Å². The highest BCUT2D eigenvalue weighted by atomic mass is 16.5. The Bertz CT molecular complexity index is 650.